The van der Waals surface area contributed by atoms with Gasteiger partial charge in [-0.3, -0.25) is 0 Å². The third-order valence-corrected chi connectivity index (χ3v) is 1.88. The van der Waals surface area contributed by atoms with E-state index in [1.807, 2.05) is 0 Å². The molecule has 0 bridgehead atoms. The first kappa shape index (κ1) is 8.11. The molecule has 1 unspecified atom stereocenters. The van der Waals surface area contributed by atoms with Gasteiger partial charge in [0.1, 0.15) is 5.82 Å². The summed E-state index contributed by atoms with van der Waals surface area (Å²) in [6.45, 7) is 6.54. The maximum absolute atomic E-state index is 3.92. The molecule has 1 aromatic rings. The van der Waals surface area contributed by atoms with Crippen molar-refractivity contribution >= 4 is 5.82 Å². The van der Waals surface area contributed by atoms with E-state index >= 15 is 0 Å². The number of hydrogen-bond donors (Lipinski definition) is 2. The minimum Gasteiger partial charge on any atom is -0.368 e. The fourth-order valence-corrected chi connectivity index (χ4v) is 0.747. The number of H-pyrrole nitrogens is 1. The van der Waals surface area contributed by atoms with Crippen molar-refractivity contribution in [2.24, 2.45) is 5.92 Å². The van der Waals surface area contributed by atoms with Crippen LogP contribution in [0, 0.1) is 5.92 Å². The van der Waals surface area contributed by atoms with Crippen molar-refractivity contribution in [1.82, 2.24) is 9.97 Å². The van der Waals surface area contributed by atoms with Crippen molar-refractivity contribution in [2.45, 2.75) is 26.8 Å². The Bertz CT molecular complexity index is 191. The zero-order valence-electron chi connectivity index (χ0n) is 7.26. The number of anilines is 1. The summed E-state index contributed by atoms with van der Waals surface area (Å²) in [5.74, 6) is 1.63. The first-order valence-electron chi connectivity index (χ1n) is 3.95. The molecule has 3 nitrogen and oxygen atoms in total. The van der Waals surface area contributed by atoms with Crippen LogP contribution in [0.5, 0.6) is 0 Å². The lowest BCUT2D eigenvalue weighted by Crippen LogP contribution is -2.21. The van der Waals surface area contributed by atoms with Gasteiger partial charge in [0.25, 0.3) is 0 Å². The monoisotopic (exact) mass is 153 g/mol. The first-order valence-corrected chi connectivity index (χ1v) is 3.95. The summed E-state index contributed by atoms with van der Waals surface area (Å²) in [5, 5.41) is 3.30. The Morgan fingerprint density at radius 1 is 1.45 bits per heavy atom. The van der Waals surface area contributed by atoms with Gasteiger partial charge in [-0.25, -0.2) is 4.98 Å². The maximum Gasteiger partial charge on any atom is 0.123 e. The number of nitrogens with zero attached hydrogens (tertiary/aromatic N) is 1. The number of hydrogen-bond acceptors (Lipinski definition) is 2. The standard InChI is InChI=1S/C8H15N3/c1-6(2)7(3)11-8-4-9-5-10-8/h4-7,11H,1-3H3,(H,9,10). The van der Waals surface area contributed by atoms with Gasteiger partial charge in [-0.15, -0.1) is 0 Å². The summed E-state index contributed by atoms with van der Waals surface area (Å²) in [4.78, 5) is 6.92. The van der Waals surface area contributed by atoms with Crippen LogP contribution in [-0.2, 0) is 0 Å². The topological polar surface area (TPSA) is 40.7 Å². The average molecular weight is 153 g/mol. The van der Waals surface area contributed by atoms with Crippen LogP contribution < -0.4 is 5.32 Å². The first-order chi connectivity index (χ1) is 5.20. The summed E-state index contributed by atoms with van der Waals surface area (Å²) in [5.41, 5.74) is 0. The Morgan fingerprint density at radius 2 is 2.18 bits per heavy atom. The van der Waals surface area contributed by atoms with E-state index in [4.69, 9.17) is 0 Å². The molecule has 0 aromatic carbocycles. The van der Waals surface area contributed by atoms with Crippen LogP contribution in [0.4, 0.5) is 5.82 Å². The van der Waals surface area contributed by atoms with Gasteiger partial charge in [0.05, 0.1) is 12.5 Å². The van der Waals surface area contributed by atoms with Crippen molar-refractivity contribution in [1.29, 1.82) is 0 Å². The minimum absolute atomic E-state index is 0.482. The smallest absolute Gasteiger partial charge is 0.123 e. The molecular weight excluding hydrogens is 138 g/mol. The predicted molar refractivity (Wildman–Crippen MR) is 46.5 cm³/mol. The molecule has 62 valence electrons. The van der Waals surface area contributed by atoms with E-state index in [2.05, 4.69) is 36.1 Å². The summed E-state index contributed by atoms with van der Waals surface area (Å²) in [6.07, 6.45) is 3.47. The average Bonchev–Trinajstić information content (AvgIpc) is 2.39. The van der Waals surface area contributed by atoms with Crippen molar-refractivity contribution in [3.05, 3.63) is 12.5 Å². The SMILES string of the molecule is CC(C)C(C)Nc1cnc[nH]1. The number of rotatable bonds is 3. The summed E-state index contributed by atoms with van der Waals surface area (Å²) >= 11 is 0. The molecular formula is C8H15N3. The molecule has 0 saturated carbocycles. The minimum atomic E-state index is 0.482. The normalized spacial score (nSPS) is 13.5. The number of aromatic amines is 1. The fourth-order valence-electron chi connectivity index (χ4n) is 0.747. The van der Waals surface area contributed by atoms with Gasteiger partial charge in [0.2, 0.25) is 0 Å². The molecule has 1 aromatic heterocycles. The second-order valence-electron chi connectivity index (χ2n) is 3.14. The Hall–Kier alpha value is -0.990. The van der Waals surface area contributed by atoms with Crippen molar-refractivity contribution in [3.63, 3.8) is 0 Å². The lowest BCUT2D eigenvalue weighted by atomic mass is 10.1. The van der Waals surface area contributed by atoms with Crippen molar-refractivity contribution in [3.8, 4) is 0 Å². The second kappa shape index (κ2) is 3.42. The molecule has 0 aliphatic carbocycles. The van der Waals surface area contributed by atoms with Gasteiger partial charge in [0, 0.05) is 6.04 Å². The zero-order valence-corrected chi connectivity index (χ0v) is 7.26. The zero-order chi connectivity index (χ0) is 8.27. The third kappa shape index (κ3) is 2.26. The van der Waals surface area contributed by atoms with Crippen LogP contribution in [0.3, 0.4) is 0 Å². The van der Waals surface area contributed by atoms with Crippen LogP contribution in [-0.4, -0.2) is 16.0 Å². The summed E-state index contributed by atoms with van der Waals surface area (Å²) in [6, 6.07) is 0.482. The van der Waals surface area contributed by atoms with E-state index in [0.29, 0.717) is 12.0 Å². The van der Waals surface area contributed by atoms with Crippen molar-refractivity contribution in [2.75, 3.05) is 5.32 Å². The van der Waals surface area contributed by atoms with E-state index < -0.39 is 0 Å². The van der Waals surface area contributed by atoms with Crippen LogP contribution in [0.1, 0.15) is 20.8 Å². The van der Waals surface area contributed by atoms with Gasteiger partial charge < -0.3 is 10.3 Å². The van der Waals surface area contributed by atoms with E-state index in [0.717, 1.165) is 5.82 Å². The lowest BCUT2D eigenvalue weighted by molar-refractivity contribution is 0.558. The van der Waals surface area contributed by atoms with Crippen LogP contribution in [0.2, 0.25) is 0 Å². The van der Waals surface area contributed by atoms with Gasteiger partial charge in [-0.2, -0.15) is 0 Å². The van der Waals surface area contributed by atoms with E-state index in [9.17, 15) is 0 Å². The number of imidazole rings is 1. The molecule has 0 fully saturated rings. The van der Waals surface area contributed by atoms with Crippen LogP contribution >= 0.6 is 0 Å². The van der Waals surface area contributed by atoms with Crippen molar-refractivity contribution < 1.29 is 0 Å². The maximum atomic E-state index is 3.92. The highest BCUT2D eigenvalue weighted by atomic mass is 15.1. The molecule has 1 atom stereocenters. The molecule has 0 aliphatic heterocycles. The molecule has 1 rings (SSSR count). The Balaban J connectivity index is 2.43. The van der Waals surface area contributed by atoms with Gasteiger partial charge in [0.15, 0.2) is 0 Å². The summed E-state index contributed by atoms with van der Waals surface area (Å²) < 4.78 is 0. The molecule has 2 N–H and O–H groups in total. The van der Waals surface area contributed by atoms with Gasteiger partial charge >= 0.3 is 0 Å². The number of nitrogens with one attached hydrogen (secondary N) is 2. The molecule has 0 aliphatic rings. The van der Waals surface area contributed by atoms with E-state index in [-0.39, 0.29) is 0 Å². The third-order valence-electron chi connectivity index (χ3n) is 1.88. The Labute approximate surface area is 67.2 Å². The fraction of sp³-hybridized carbons (Fsp3) is 0.625. The van der Waals surface area contributed by atoms with Crippen LogP contribution in [0.25, 0.3) is 0 Å². The van der Waals surface area contributed by atoms with Crippen LogP contribution in [0.15, 0.2) is 12.5 Å². The molecule has 0 saturated heterocycles. The highest BCUT2D eigenvalue weighted by molar-refractivity contribution is 5.31. The highest BCUT2D eigenvalue weighted by Gasteiger charge is 2.05. The quantitative estimate of drug-likeness (QED) is 0.696. The largest absolute Gasteiger partial charge is 0.368 e. The van der Waals surface area contributed by atoms with Gasteiger partial charge in [-0.1, -0.05) is 13.8 Å². The number of aromatic nitrogens is 2. The molecule has 11 heavy (non-hydrogen) atoms. The Morgan fingerprint density at radius 3 is 2.64 bits per heavy atom. The molecule has 0 radical (unpaired) electrons. The van der Waals surface area contributed by atoms with E-state index in [1.54, 1.807) is 12.5 Å². The lowest BCUT2D eigenvalue weighted by Gasteiger charge is -2.16. The second-order valence-corrected chi connectivity index (χ2v) is 3.14. The molecule has 3 heteroatoms. The molecule has 1 heterocycles. The van der Waals surface area contributed by atoms with E-state index in [1.165, 1.54) is 0 Å². The highest BCUT2D eigenvalue weighted by Crippen LogP contribution is 2.07. The molecule has 0 amide bonds. The van der Waals surface area contributed by atoms with Gasteiger partial charge in [-0.05, 0) is 12.8 Å². The Kier molecular flexibility index (Phi) is 2.52. The predicted octanol–water partition coefficient (Wildman–Crippen LogP) is 1.87. The summed E-state index contributed by atoms with van der Waals surface area (Å²) in [7, 11) is 0. The molecule has 0 spiro atoms.